The summed E-state index contributed by atoms with van der Waals surface area (Å²) in [6, 6.07) is 0. The van der Waals surface area contributed by atoms with Crippen molar-refractivity contribution in [2.24, 2.45) is 0 Å². The number of amides is 1. The zero-order valence-electron chi connectivity index (χ0n) is 18.5. The van der Waals surface area contributed by atoms with E-state index in [1.807, 2.05) is 6.08 Å². The predicted octanol–water partition coefficient (Wildman–Crippen LogP) is 6.33. The molecule has 4 nitrogen and oxygen atoms in total. The van der Waals surface area contributed by atoms with Gasteiger partial charge in [0.05, 0.1) is 0 Å². The van der Waals surface area contributed by atoms with E-state index in [9.17, 15) is 4.79 Å². The van der Waals surface area contributed by atoms with E-state index < -0.39 is 6.09 Å². The number of carbonyl (C=O) groups excluding carboxylic acids is 1. The summed E-state index contributed by atoms with van der Waals surface area (Å²) in [5, 5.41) is 1.56. The maximum atomic E-state index is 11.4. The lowest BCUT2D eigenvalue weighted by atomic mass is 10.0. The molecule has 0 atom stereocenters. The molecule has 0 aromatic carbocycles. The molecule has 0 aromatic heterocycles. The van der Waals surface area contributed by atoms with Crippen molar-refractivity contribution in [1.29, 1.82) is 0 Å². The average Bonchev–Trinajstić information content (AvgIpc) is 2.53. The van der Waals surface area contributed by atoms with Gasteiger partial charge in [-0.15, -0.1) is 0 Å². The summed E-state index contributed by atoms with van der Waals surface area (Å²) in [7, 11) is 3.50. The molecule has 0 aliphatic carbocycles. The third-order valence-corrected chi connectivity index (χ3v) is 4.12. The van der Waals surface area contributed by atoms with Crippen molar-refractivity contribution in [3.63, 3.8) is 0 Å². The Bertz CT molecular complexity index is 551. The number of ether oxygens (including phenoxy) is 1. The SMILES string of the molecule is CC(C)=CCCC(C)=CCCC(C)=CCCC(C)=CCOC(=O)NN(C)C. The number of hydrogen-bond acceptors (Lipinski definition) is 3. The molecular weight excluding hydrogens is 336 g/mol. The van der Waals surface area contributed by atoms with E-state index in [0.717, 1.165) is 38.5 Å². The number of allylic oxidation sites excluding steroid dienone is 7. The highest BCUT2D eigenvalue weighted by atomic mass is 16.6. The largest absolute Gasteiger partial charge is 0.444 e. The van der Waals surface area contributed by atoms with E-state index in [0.29, 0.717) is 6.61 Å². The average molecular weight is 377 g/mol. The minimum atomic E-state index is -0.427. The molecule has 0 saturated heterocycles. The van der Waals surface area contributed by atoms with E-state index >= 15 is 0 Å². The first-order chi connectivity index (χ1) is 12.7. The van der Waals surface area contributed by atoms with Gasteiger partial charge in [-0.25, -0.2) is 9.80 Å². The Morgan fingerprint density at radius 3 is 1.67 bits per heavy atom. The Labute approximate surface area is 167 Å². The van der Waals surface area contributed by atoms with Crippen LogP contribution in [0.3, 0.4) is 0 Å². The molecule has 0 aromatic rings. The molecule has 0 saturated carbocycles. The van der Waals surface area contributed by atoms with E-state index in [2.05, 4.69) is 58.3 Å². The smallest absolute Gasteiger partial charge is 0.422 e. The number of carbonyl (C=O) groups is 1. The highest BCUT2D eigenvalue weighted by molar-refractivity contribution is 5.66. The fourth-order valence-electron chi connectivity index (χ4n) is 2.46. The van der Waals surface area contributed by atoms with E-state index in [1.165, 1.54) is 22.3 Å². The van der Waals surface area contributed by atoms with Crippen LogP contribution in [0.5, 0.6) is 0 Å². The third-order valence-electron chi connectivity index (χ3n) is 4.12. The number of nitrogens with zero attached hydrogens (tertiary/aromatic N) is 1. The predicted molar refractivity (Wildman–Crippen MR) is 117 cm³/mol. The zero-order valence-corrected chi connectivity index (χ0v) is 18.5. The number of hydrogen-bond donors (Lipinski definition) is 1. The molecule has 1 N–H and O–H groups in total. The Hall–Kier alpha value is -1.81. The van der Waals surface area contributed by atoms with Gasteiger partial charge in [0.15, 0.2) is 0 Å². The second-order valence-electron chi connectivity index (χ2n) is 7.65. The molecule has 154 valence electrons. The summed E-state index contributed by atoms with van der Waals surface area (Å²) < 4.78 is 5.07. The molecule has 27 heavy (non-hydrogen) atoms. The molecule has 0 radical (unpaired) electrons. The van der Waals surface area contributed by atoms with Crippen molar-refractivity contribution in [1.82, 2.24) is 10.4 Å². The minimum Gasteiger partial charge on any atom is -0.444 e. The molecule has 0 aliphatic rings. The van der Waals surface area contributed by atoms with Crippen molar-refractivity contribution in [3.05, 3.63) is 46.6 Å². The van der Waals surface area contributed by atoms with Crippen LogP contribution in [0, 0.1) is 0 Å². The summed E-state index contributed by atoms with van der Waals surface area (Å²) in [5.41, 5.74) is 8.11. The lowest BCUT2D eigenvalue weighted by Gasteiger charge is -2.11. The minimum absolute atomic E-state index is 0.311. The first kappa shape index (κ1) is 25.2. The van der Waals surface area contributed by atoms with Crippen molar-refractivity contribution in [2.75, 3.05) is 20.7 Å². The highest BCUT2D eigenvalue weighted by Crippen LogP contribution is 2.13. The van der Waals surface area contributed by atoms with Gasteiger partial charge in [-0.3, -0.25) is 5.43 Å². The van der Waals surface area contributed by atoms with Crippen LogP contribution in [-0.2, 0) is 4.74 Å². The summed E-state index contributed by atoms with van der Waals surface area (Å²) in [6.45, 7) is 11.1. The van der Waals surface area contributed by atoms with Gasteiger partial charge in [-0.05, 0) is 79.2 Å². The van der Waals surface area contributed by atoms with E-state index in [-0.39, 0.29) is 0 Å². The van der Waals surface area contributed by atoms with Crippen LogP contribution in [0.2, 0.25) is 0 Å². The second-order valence-corrected chi connectivity index (χ2v) is 7.65. The number of nitrogens with one attached hydrogen (secondary N) is 1. The summed E-state index contributed by atoms with van der Waals surface area (Å²) in [5.74, 6) is 0. The quantitative estimate of drug-likeness (QED) is 0.319. The monoisotopic (exact) mass is 376 g/mol. The van der Waals surface area contributed by atoms with Crippen LogP contribution in [-0.4, -0.2) is 31.8 Å². The van der Waals surface area contributed by atoms with Crippen LogP contribution in [0.25, 0.3) is 0 Å². The van der Waals surface area contributed by atoms with Crippen molar-refractivity contribution < 1.29 is 9.53 Å². The van der Waals surface area contributed by atoms with Gasteiger partial charge in [0.25, 0.3) is 0 Å². The Morgan fingerprint density at radius 2 is 1.22 bits per heavy atom. The Balaban J connectivity index is 4.01. The highest BCUT2D eigenvalue weighted by Gasteiger charge is 2.00. The molecule has 0 unspecified atom stereocenters. The first-order valence-electron chi connectivity index (χ1n) is 9.91. The fraction of sp³-hybridized carbons (Fsp3) is 0.609. The third kappa shape index (κ3) is 17.4. The first-order valence-corrected chi connectivity index (χ1v) is 9.91. The molecule has 0 fully saturated rings. The number of hydrazine groups is 1. The van der Waals surface area contributed by atoms with Crippen LogP contribution in [0.1, 0.15) is 73.1 Å². The van der Waals surface area contributed by atoms with Gasteiger partial charge in [0, 0.05) is 14.1 Å². The summed E-state index contributed by atoms with van der Waals surface area (Å²) in [4.78, 5) is 11.4. The maximum absolute atomic E-state index is 11.4. The van der Waals surface area contributed by atoms with Crippen LogP contribution >= 0.6 is 0 Å². The van der Waals surface area contributed by atoms with Crippen molar-refractivity contribution in [2.45, 2.75) is 73.1 Å². The summed E-state index contributed by atoms with van der Waals surface area (Å²) in [6.07, 6.45) is 15.1. The maximum Gasteiger partial charge on any atom is 0.422 e. The lowest BCUT2D eigenvalue weighted by molar-refractivity contribution is 0.132. The van der Waals surface area contributed by atoms with Gasteiger partial charge in [0.1, 0.15) is 6.61 Å². The molecule has 0 rings (SSSR count). The molecule has 0 heterocycles. The standard InChI is InChI=1S/C23H40N2O2/c1-19(2)11-8-12-20(3)13-9-14-21(4)15-10-16-22(5)17-18-27-23(26)24-25(6)7/h11,13,15,17H,8-10,12,14,16,18H2,1-7H3,(H,24,26). The molecule has 1 amide bonds. The number of rotatable bonds is 12. The molecule has 4 heteroatoms. The van der Waals surface area contributed by atoms with Crippen LogP contribution in [0.4, 0.5) is 4.79 Å². The second kappa shape index (κ2) is 15.3. The van der Waals surface area contributed by atoms with E-state index in [1.54, 1.807) is 19.1 Å². The Morgan fingerprint density at radius 1 is 0.778 bits per heavy atom. The van der Waals surface area contributed by atoms with Gasteiger partial charge in [0.2, 0.25) is 0 Å². The van der Waals surface area contributed by atoms with Crippen LogP contribution < -0.4 is 5.43 Å². The normalized spacial score (nSPS) is 13.0. The molecular formula is C23H40N2O2. The van der Waals surface area contributed by atoms with E-state index in [4.69, 9.17) is 4.74 Å². The van der Waals surface area contributed by atoms with Gasteiger partial charge < -0.3 is 4.74 Å². The zero-order chi connectivity index (χ0) is 20.7. The molecule has 0 spiro atoms. The van der Waals surface area contributed by atoms with Gasteiger partial charge in [-0.1, -0.05) is 40.5 Å². The fourth-order valence-corrected chi connectivity index (χ4v) is 2.46. The van der Waals surface area contributed by atoms with Gasteiger partial charge >= 0.3 is 6.09 Å². The van der Waals surface area contributed by atoms with Crippen molar-refractivity contribution >= 4 is 6.09 Å². The molecule has 0 bridgehead atoms. The topological polar surface area (TPSA) is 41.6 Å². The molecule has 0 aliphatic heterocycles. The van der Waals surface area contributed by atoms with Gasteiger partial charge in [-0.2, -0.15) is 0 Å². The summed E-state index contributed by atoms with van der Waals surface area (Å²) >= 11 is 0. The van der Waals surface area contributed by atoms with Crippen LogP contribution in [0.15, 0.2) is 46.6 Å². The Kier molecular flexibility index (Phi) is 14.2. The lowest BCUT2D eigenvalue weighted by Crippen LogP contribution is -2.36. The van der Waals surface area contributed by atoms with Crippen molar-refractivity contribution in [3.8, 4) is 0 Å².